The second kappa shape index (κ2) is 5.08. The molecule has 0 amide bonds. The van der Waals surface area contributed by atoms with E-state index in [0.717, 1.165) is 6.07 Å². The zero-order valence-corrected chi connectivity index (χ0v) is 11.0. The van der Waals surface area contributed by atoms with Crippen molar-refractivity contribution >= 4 is 16.5 Å². The Balaban J connectivity index is 2.48. The first-order valence-corrected chi connectivity index (χ1v) is 6.22. The second-order valence-corrected chi connectivity index (χ2v) is 4.56. The maximum atomic E-state index is 12.9. The molecule has 2 aromatic rings. The molecule has 0 spiro atoms. The Morgan fingerprint density at radius 1 is 1.32 bits per heavy atom. The number of thiazole rings is 1. The summed E-state index contributed by atoms with van der Waals surface area (Å²) in [6, 6.07) is 3.91. The lowest BCUT2D eigenvalue weighted by Gasteiger charge is -2.12. The van der Waals surface area contributed by atoms with Gasteiger partial charge in [-0.2, -0.15) is 13.2 Å². The number of hydrogen-bond donors (Lipinski definition) is 1. The zero-order valence-electron chi connectivity index (χ0n) is 10.2. The highest BCUT2D eigenvalue weighted by atomic mass is 32.1. The van der Waals surface area contributed by atoms with E-state index in [1.807, 2.05) is 0 Å². The van der Waals surface area contributed by atoms with Crippen LogP contribution in [-0.2, 0) is 6.18 Å². The number of rotatable bonds is 3. The largest absolute Gasteiger partial charge is 0.496 e. The number of nitrogens with one attached hydrogen (secondary N) is 1. The fourth-order valence-corrected chi connectivity index (χ4v) is 2.29. The summed E-state index contributed by atoms with van der Waals surface area (Å²) < 4.78 is 43.4. The van der Waals surface area contributed by atoms with Gasteiger partial charge in [0.25, 0.3) is 0 Å². The minimum absolute atomic E-state index is 0.194. The lowest BCUT2D eigenvalue weighted by Crippen LogP contribution is -2.07. The third-order valence-electron chi connectivity index (χ3n) is 2.52. The Kier molecular flexibility index (Phi) is 3.66. The SMILES string of the molecule is CNc1nc(-c2ccc(OC)c(C(F)(F)F)c2)cs1. The van der Waals surface area contributed by atoms with Crippen LogP contribution in [0.3, 0.4) is 0 Å². The Bertz CT molecular complexity index is 581. The smallest absolute Gasteiger partial charge is 0.419 e. The van der Waals surface area contributed by atoms with Crippen molar-refractivity contribution in [1.82, 2.24) is 4.98 Å². The molecule has 0 aliphatic heterocycles. The molecule has 0 radical (unpaired) electrons. The van der Waals surface area contributed by atoms with Crippen molar-refractivity contribution in [2.24, 2.45) is 0 Å². The van der Waals surface area contributed by atoms with Crippen LogP contribution in [0.5, 0.6) is 5.75 Å². The molecule has 0 saturated carbocycles. The molecule has 0 aliphatic rings. The molecule has 0 saturated heterocycles. The van der Waals surface area contributed by atoms with E-state index in [9.17, 15) is 13.2 Å². The topological polar surface area (TPSA) is 34.2 Å². The van der Waals surface area contributed by atoms with E-state index >= 15 is 0 Å². The van der Waals surface area contributed by atoms with Crippen molar-refractivity contribution in [3.05, 3.63) is 29.1 Å². The van der Waals surface area contributed by atoms with Crippen LogP contribution in [0, 0.1) is 0 Å². The lowest BCUT2D eigenvalue weighted by molar-refractivity contribution is -0.138. The molecule has 0 fully saturated rings. The van der Waals surface area contributed by atoms with E-state index in [0.29, 0.717) is 16.4 Å². The molecule has 0 aliphatic carbocycles. The van der Waals surface area contributed by atoms with Crippen molar-refractivity contribution in [3.8, 4) is 17.0 Å². The van der Waals surface area contributed by atoms with Gasteiger partial charge in [-0.25, -0.2) is 4.98 Å². The summed E-state index contributed by atoms with van der Waals surface area (Å²) in [5, 5.41) is 5.20. The molecule has 3 nitrogen and oxygen atoms in total. The van der Waals surface area contributed by atoms with Crippen LogP contribution in [0.2, 0.25) is 0 Å². The minimum Gasteiger partial charge on any atom is -0.496 e. The molecule has 0 bridgehead atoms. The van der Waals surface area contributed by atoms with Gasteiger partial charge in [-0.1, -0.05) is 0 Å². The quantitative estimate of drug-likeness (QED) is 0.930. The van der Waals surface area contributed by atoms with Gasteiger partial charge in [-0.15, -0.1) is 11.3 Å². The highest BCUT2D eigenvalue weighted by Gasteiger charge is 2.34. The Labute approximate surface area is 112 Å². The van der Waals surface area contributed by atoms with Crippen molar-refractivity contribution in [2.75, 3.05) is 19.5 Å². The normalized spacial score (nSPS) is 11.4. The molecule has 0 atom stereocenters. The molecular formula is C12H11F3N2OS. The van der Waals surface area contributed by atoms with Crippen molar-refractivity contribution in [3.63, 3.8) is 0 Å². The van der Waals surface area contributed by atoms with Gasteiger partial charge >= 0.3 is 6.18 Å². The third-order valence-corrected chi connectivity index (χ3v) is 3.38. The number of nitrogens with zero attached hydrogens (tertiary/aromatic N) is 1. The van der Waals surface area contributed by atoms with E-state index in [1.165, 1.54) is 24.5 Å². The summed E-state index contributed by atoms with van der Waals surface area (Å²) in [5.74, 6) is -0.194. The second-order valence-electron chi connectivity index (χ2n) is 3.70. The number of anilines is 1. The first kappa shape index (κ1) is 13.7. The van der Waals surface area contributed by atoms with Crippen LogP contribution >= 0.6 is 11.3 Å². The maximum absolute atomic E-state index is 12.9. The van der Waals surface area contributed by atoms with Gasteiger partial charge in [0.2, 0.25) is 0 Å². The van der Waals surface area contributed by atoms with E-state index in [-0.39, 0.29) is 5.75 Å². The monoisotopic (exact) mass is 288 g/mol. The summed E-state index contributed by atoms with van der Waals surface area (Å²) in [4.78, 5) is 4.18. The Hall–Kier alpha value is -1.76. The van der Waals surface area contributed by atoms with Crippen molar-refractivity contribution in [2.45, 2.75) is 6.18 Å². The van der Waals surface area contributed by atoms with Gasteiger partial charge in [0.05, 0.1) is 18.4 Å². The van der Waals surface area contributed by atoms with Crippen LogP contribution in [0.25, 0.3) is 11.3 Å². The standard InChI is InChI=1S/C12H11F3N2OS/c1-16-11-17-9(6-19-11)7-3-4-10(18-2)8(5-7)12(13,14)15/h3-6H,1-2H3,(H,16,17). The fourth-order valence-electron chi connectivity index (χ4n) is 1.61. The van der Waals surface area contributed by atoms with Crippen molar-refractivity contribution < 1.29 is 17.9 Å². The number of aromatic nitrogens is 1. The highest BCUT2D eigenvalue weighted by Crippen LogP contribution is 2.38. The predicted octanol–water partition coefficient (Wildman–Crippen LogP) is 3.88. The van der Waals surface area contributed by atoms with Crippen LogP contribution < -0.4 is 10.1 Å². The molecule has 0 unspecified atom stereocenters. The first-order chi connectivity index (χ1) is 8.95. The highest BCUT2D eigenvalue weighted by molar-refractivity contribution is 7.14. The molecule has 1 heterocycles. The summed E-state index contributed by atoms with van der Waals surface area (Å²) in [7, 11) is 2.92. The number of benzene rings is 1. The lowest BCUT2D eigenvalue weighted by atomic mass is 10.1. The zero-order chi connectivity index (χ0) is 14.0. The maximum Gasteiger partial charge on any atom is 0.419 e. The molecule has 1 aromatic heterocycles. The molecular weight excluding hydrogens is 277 g/mol. The average Bonchev–Trinajstić information content (AvgIpc) is 2.85. The summed E-state index contributed by atoms with van der Waals surface area (Å²) in [5.41, 5.74) is 0.111. The van der Waals surface area contributed by atoms with E-state index in [2.05, 4.69) is 10.3 Å². The molecule has 2 rings (SSSR count). The van der Waals surface area contributed by atoms with Gasteiger partial charge < -0.3 is 10.1 Å². The summed E-state index contributed by atoms with van der Waals surface area (Å²) in [6.07, 6.45) is -4.46. The Morgan fingerprint density at radius 2 is 2.05 bits per heavy atom. The first-order valence-electron chi connectivity index (χ1n) is 5.34. The number of alkyl halides is 3. The van der Waals surface area contributed by atoms with E-state index < -0.39 is 11.7 Å². The van der Waals surface area contributed by atoms with Gasteiger partial charge in [0.1, 0.15) is 5.75 Å². The van der Waals surface area contributed by atoms with Crippen LogP contribution in [0.4, 0.5) is 18.3 Å². The number of ether oxygens (including phenoxy) is 1. The average molecular weight is 288 g/mol. The summed E-state index contributed by atoms with van der Waals surface area (Å²) in [6.45, 7) is 0. The van der Waals surface area contributed by atoms with Gasteiger partial charge in [-0.3, -0.25) is 0 Å². The predicted molar refractivity (Wildman–Crippen MR) is 68.7 cm³/mol. The number of hydrogen-bond acceptors (Lipinski definition) is 4. The number of halogens is 3. The van der Waals surface area contributed by atoms with E-state index in [1.54, 1.807) is 18.5 Å². The summed E-state index contributed by atoms with van der Waals surface area (Å²) >= 11 is 1.33. The number of methoxy groups -OCH3 is 1. The minimum atomic E-state index is -4.46. The van der Waals surface area contributed by atoms with Crippen LogP contribution in [-0.4, -0.2) is 19.1 Å². The molecule has 1 N–H and O–H groups in total. The van der Waals surface area contributed by atoms with Gasteiger partial charge in [0, 0.05) is 18.0 Å². The molecule has 7 heteroatoms. The van der Waals surface area contributed by atoms with Crippen LogP contribution in [0.1, 0.15) is 5.56 Å². The van der Waals surface area contributed by atoms with Gasteiger partial charge in [-0.05, 0) is 18.2 Å². The Morgan fingerprint density at radius 3 is 2.58 bits per heavy atom. The van der Waals surface area contributed by atoms with Crippen molar-refractivity contribution in [1.29, 1.82) is 0 Å². The van der Waals surface area contributed by atoms with Gasteiger partial charge in [0.15, 0.2) is 5.13 Å². The third kappa shape index (κ3) is 2.81. The molecule has 102 valence electrons. The fraction of sp³-hybridized carbons (Fsp3) is 0.250. The van der Waals surface area contributed by atoms with Crippen LogP contribution in [0.15, 0.2) is 23.6 Å². The van der Waals surface area contributed by atoms with E-state index in [4.69, 9.17) is 4.74 Å². The molecule has 19 heavy (non-hydrogen) atoms. The molecule has 1 aromatic carbocycles.